The molecule has 1 heterocycles. The van der Waals surface area contributed by atoms with Gasteiger partial charge in [-0.3, -0.25) is 9.78 Å². The summed E-state index contributed by atoms with van der Waals surface area (Å²) in [7, 11) is -1.86. The summed E-state index contributed by atoms with van der Waals surface area (Å²) in [6.07, 6.45) is 12.8. The molecule has 2 aromatic carbocycles. The highest BCUT2D eigenvalue weighted by Gasteiger charge is 2.32. The summed E-state index contributed by atoms with van der Waals surface area (Å²) in [4.78, 5) is 17.5. The maximum atomic E-state index is 13.0. The van der Waals surface area contributed by atoms with Gasteiger partial charge in [0.2, 0.25) is 15.9 Å². The third kappa shape index (κ3) is 12.5. The number of carbonyl (C=O) groups is 1. The first kappa shape index (κ1) is 37.1. The van der Waals surface area contributed by atoms with Gasteiger partial charge in [0.15, 0.2) is 0 Å². The average Bonchev–Trinajstić information content (AvgIpc) is 3.06. The fraction of sp³-hybridized carbons (Fsp3) is 0.333. The minimum absolute atomic E-state index is 0.0488. The first-order valence-electron chi connectivity index (χ1n) is 15.2. The molecule has 0 aliphatic heterocycles. The Kier molecular flexibility index (Phi) is 16.6. The maximum absolute atomic E-state index is 13.0. The first-order chi connectivity index (χ1) is 21.7. The number of unbranched alkanes of at least 4 members (excludes halogenated alkanes) is 1. The third-order valence-corrected chi connectivity index (χ3v) is 8.73. The van der Waals surface area contributed by atoms with Crippen LogP contribution in [0.2, 0.25) is 0 Å². The van der Waals surface area contributed by atoms with Crippen molar-refractivity contribution in [2.45, 2.75) is 68.3 Å². The lowest BCUT2D eigenvalue weighted by Gasteiger charge is -2.35. The number of amides is 1. The summed E-state index contributed by atoms with van der Waals surface area (Å²) in [6, 6.07) is 17.7. The summed E-state index contributed by atoms with van der Waals surface area (Å²) < 4.78 is 32.7. The van der Waals surface area contributed by atoms with Crippen LogP contribution in [0, 0.1) is 0 Å². The fourth-order valence-electron chi connectivity index (χ4n) is 5.01. The quantitative estimate of drug-likeness (QED) is 0.123. The van der Waals surface area contributed by atoms with Gasteiger partial charge in [0.25, 0.3) is 0 Å². The number of pyridine rings is 1. The molecule has 0 spiro atoms. The molecule has 4 rings (SSSR count). The number of sulfonamides is 1. The Morgan fingerprint density at radius 3 is 2.42 bits per heavy atom. The van der Waals surface area contributed by atoms with E-state index in [1.165, 1.54) is 11.1 Å². The Labute approximate surface area is 269 Å². The number of allylic oxidation sites excluding steroid dienone is 3. The lowest BCUT2D eigenvalue weighted by Crippen LogP contribution is -2.49. The molecule has 242 valence electrons. The molecule has 1 aliphatic rings. The highest BCUT2D eigenvalue weighted by atomic mass is 32.2. The summed E-state index contributed by atoms with van der Waals surface area (Å²) in [5.41, 5.74) is 9.82. The zero-order valence-corrected chi connectivity index (χ0v) is 27.3. The van der Waals surface area contributed by atoms with Crippen LogP contribution in [0.4, 0.5) is 0 Å². The van der Waals surface area contributed by atoms with Gasteiger partial charge in [-0.25, -0.2) is 13.1 Å². The maximum Gasteiger partial charge on any atom is 0.240 e. The number of nitrogens with zero attached hydrogens (tertiary/aromatic N) is 1. The van der Waals surface area contributed by atoms with Gasteiger partial charge in [-0.1, -0.05) is 68.1 Å². The van der Waals surface area contributed by atoms with Crippen molar-refractivity contribution in [2.24, 2.45) is 5.73 Å². The molecule has 1 aliphatic carbocycles. The lowest BCUT2D eigenvalue weighted by atomic mass is 9.76. The molecule has 3 atom stereocenters. The van der Waals surface area contributed by atoms with Crippen molar-refractivity contribution in [1.29, 1.82) is 0 Å². The van der Waals surface area contributed by atoms with Crippen LogP contribution < -0.4 is 20.5 Å². The fourth-order valence-corrected chi connectivity index (χ4v) is 6.11. The van der Waals surface area contributed by atoms with Crippen LogP contribution in [0.1, 0.15) is 55.2 Å². The highest BCUT2D eigenvalue weighted by molar-refractivity contribution is 7.89. The van der Waals surface area contributed by atoms with Crippen LogP contribution in [0.25, 0.3) is 0 Å². The van der Waals surface area contributed by atoms with E-state index in [2.05, 4.69) is 53.0 Å². The Bertz CT molecular complexity index is 1440. The Hall–Kier alpha value is -4.05. The SMILES string of the molecule is C=CC.C=CC=C.COc1ccc2c(c1)CCC(NC(=O)C(N)CCCCNS(=O)(=O)c1ccccc1)C2Cc1cccnc1. The van der Waals surface area contributed by atoms with Crippen LogP contribution in [-0.2, 0) is 27.7 Å². The Morgan fingerprint density at radius 2 is 1.80 bits per heavy atom. The van der Waals surface area contributed by atoms with Gasteiger partial charge >= 0.3 is 0 Å². The summed E-state index contributed by atoms with van der Waals surface area (Å²) in [5, 5.41) is 3.22. The molecule has 9 heteroatoms. The van der Waals surface area contributed by atoms with Crippen molar-refractivity contribution in [2.75, 3.05) is 13.7 Å². The van der Waals surface area contributed by atoms with E-state index in [9.17, 15) is 13.2 Å². The molecule has 0 bridgehead atoms. The van der Waals surface area contributed by atoms with Gasteiger partial charge in [-0.05, 0) is 86.1 Å². The number of ether oxygens (including phenoxy) is 1. The Morgan fingerprint density at radius 1 is 1.09 bits per heavy atom. The minimum atomic E-state index is -3.53. The number of methoxy groups -OCH3 is 1. The van der Waals surface area contributed by atoms with Crippen molar-refractivity contribution < 1.29 is 17.9 Å². The van der Waals surface area contributed by atoms with Crippen molar-refractivity contribution in [3.05, 3.63) is 128 Å². The van der Waals surface area contributed by atoms with Crippen molar-refractivity contribution in [1.82, 2.24) is 15.0 Å². The standard InChI is InChI=1S/C29H36N4O4S.C4H6.C3H6/c1-37-23-13-14-25-22(19-23)12-15-28(26(25)18-21-8-7-16-31-20-21)33-29(34)27(30)11-5-6-17-32-38(35,36)24-9-3-2-4-10-24;1-3-4-2;1-3-2/h2-4,7-10,13-14,16,19-20,26-28,32H,5-6,11-12,15,17-18,30H2,1H3,(H,33,34);3-4H,1-2H2;3H,1H2,2H3. The zero-order chi connectivity index (χ0) is 33.1. The molecule has 8 nitrogen and oxygen atoms in total. The number of fused-ring (bicyclic) bond motifs is 1. The van der Waals surface area contributed by atoms with E-state index >= 15 is 0 Å². The number of hydrogen-bond donors (Lipinski definition) is 3. The second-order valence-electron chi connectivity index (χ2n) is 10.6. The van der Waals surface area contributed by atoms with E-state index < -0.39 is 16.1 Å². The van der Waals surface area contributed by atoms with Crippen LogP contribution in [0.3, 0.4) is 0 Å². The van der Waals surface area contributed by atoms with Gasteiger partial charge in [-0.2, -0.15) is 0 Å². The van der Waals surface area contributed by atoms with Crippen molar-refractivity contribution in [3.63, 3.8) is 0 Å². The van der Waals surface area contributed by atoms with Crippen LogP contribution in [0.5, 0.6) is 5.75 Å². The van der Waals surface area contributed by atoms with Crippen molar-refractivity contribution in [3.8, 4) is 5.75 Å². The van der Waals surface area contributed by atoms with Crippen LogP contribution >= 0.6 is 0 Å². The van der Waals surface area contributed by atoms with E-state index in [0.717, 1.165) is 30.6 Å². The highest BCUT2D eigenvalue weighted by Crippen LogP contribution is 2.36. The molecule has 4 N–H and O–H groups in total. The van der Waals surface area contributed by atoms with Crippen molar-refractivity contribution >= 4 is 15.9 Å². The normalized spacial score (nSPS) is 15.8. The molecule has 0 fully saturated rings. The number of hydrogen-bond acceptors (Lipinski definition) is 6. The molecule has 3 aromatic rings. The Balaban J connectivity index is 0.000000917. The minimum Gasteiger partial charge on any atom is -0.497 e. The van der Waals surface area contributed by atoms with Gasteiger partial charge < -0.3 is 15.8 Å². The van der Waals surface area contributed by atoms with Gasteiger partial charge in [0, 0.05) is 30.9 Å². The largest absolute Gasteiger partial charge is 0.497 e. The van der Waals surface area contributed by atoms with E-state index in [0.29, 0.717) is 25.8 Å². The predicted molar refractivity (Wildman–Crippen MR) is 184 cm³/mol. The predicted octanol–water partition coefficient (Wildman–Crippen LogP) is 5.87. The molecular formula is C36H48N4O4S. The van der Waals surface area contributed by atoms with E-state index in [1.54, 1.807) is 61.9 Å². The first-order valence-corrected chi connectivity index (χ1v) is 16.7. The molecule has 45 heavy (non-hydrogen) atoms. The molecule has 3 unspecified atom stereocenters. The topological polar surface area (TPSA) is 123 Å². The zero-order valence-electron chi connectivity index (χ0n) is 26.5. The molecule has 1 amide bonds. The van der Waals surface area contributed by atoms with E-state index in [1.807, 2.05) is 25.3 Å². The third-order valence-electron chi connectivity index (χ3n) is 7.26. The molecule has 1 aromatic heterocycles. The van der Waals surface area contributed by atoms with Gasteiger partial charge in [0.1, 0.15) is 5.75 Å². The number of carbonyl (C=O) groups excluding carboxylic acids is 1. The molecular weight excluding hydrogens is 584 g/mol. The second kappa shape index (κ2) is 20.1. The molecule has 0 radical (unpaired) electrons. The van der Waals surface area contributed by atoms with E-state index in [-0.39, 0.29) is 22.8 Å². The smallest absolute Gasteiger partial charge is 0.240 e. The van der Waals surface area contributed by atoms with Crippen LogP contribution in [-0.4, -0.2) is 45.0 Å². The molecule has 0 saturated heterocycles. The number of nitrogens with one attached hydrogen (secondary N) is 2. The number of nitrogens with two attached hydrogens (primary N) is 1. The average molecular weight is 633 g/mol. The van der Waals surface area contributed by atoms with Gasteiger partial charge in [-0.15, -0.1) is 6.58 Å². The number of aryl methyl sites for hydroxylation is 1. The second-order valence-corrected chi connectivity index (χ2v) is 12.4. The summed E-state index contributed by atoms with van der Waals surface area (Å²) >= 11 is 0. The number of rotatable bonds is 13. The number of benzene rings is 2. The summed E-state index contributed by atoms with van der Waals surface area (Å²) in [6.45, 7) is 12.3. The van der Waals surface area contributed by atoms with Crippen LogP contribution in [0.15, 0.2) is 116 Å². The van der Waals surface area contributed by atoms with Gasteiger partial charge in [0.05, 0.1) is 18.0 Å². The summed E-state index contributed by atoms with van der Waals surface area (Å²) in [5.74, 6) is 0.754. The number of aromatic nitrogens is 1. The monoisotopic (exact) mass is 632 g/mol. The van der Waals surface area contributed by atoms with E-state index in [4.69, 9.17) is 10.5 Å². The molecule has 0 saturated carbocycles. The lowest BCUT2D eigenvalue weighted by molar-refractivity contribution is -0.123.